The number of hydrogen-bond donors (Lipinski definition) is 0. The number of fused-ring (bicyclic) bond motifs is 3. The van der Waals surface area contributed by atoms with E-state index in [-0.39, 0.29) is 5.78 Å². The average molecular weight is 267 g/mol. The molecule has 0 unspecified atom stereocenters. The van der Waals surface area contributed by atoms with Gasteiger partial charge in [0.1, 0.15) is 5.75 Å². The molecule has 20 heavy (non-hydrogen) atoms. The minimum absolute atomic E-state index is 0.0149. The number of carbonyl (C=O) groups is 1. The monoisotopic (exact) mass is 267 g/mol. The van der Waals surface area contributed by atoms with E-state index in [0.717, 1.165) is 11.4 Å². The molecule has 1 aromatic carbocycles. The van der Waals surface area contributed by atoms with Gasteiger partial charge in [-0.15, -0.1) is 6.58 Å². The largest absolute Gasteiger partial charge is 0.477 e. The van der Waals surface area contributed by atoms with Crippen molar-refractivity contribution in [2.45, 2.75) is 25.4 Å². The molecule has 0 saturated carbocycles. The molecule has 0 bridgehead atoms. The summed E-state index contributed by atoms with van der Waals surface area (Å²) in [4.78, 5) is 12.9. The minimum atomic E-state index is -0.857. The molecule has 2 heterocycles. The van der Waals surface area contributed by atoms with Crippen molar-refractivity contribution >= 4 is 5.78 Å². The van der Waals surface area contributed by atoms with Crippen LogP contribution in [0, 0.1) is 0 Å². The molecule has 0 fully saturated rings. The number of carbonyl (C=O) groups excluding carboxylic acids is 1. The summed E-state index contributed by atoms with van der Waals surface area (Å²) in [7, 11) is 0. The summed E-state index contributed by atoms with van der Waals surface area (Å²) in [5.41, 5.74) is 0.712. The highest BCUT2D eigenvalue weighted by Crippen LogP contribution is 2.37. The summed E-state index contributed by atoms with van der Waals surface area (Å²) < 4.78 is 8.05. The van der Waals surface area contributed by atoms with Crippen molar-refractivity contribution in [3.63, 3.8) is 0 Å². The lowest BCUT2D eigenvalue weighted by atomic mass is 9.89. The molecule has 1 aliphatic heterocycles. The van der Waals surface area contributed by atoms with E-state index < -0.39 is 5.60 Å². The van der Waals surface area contributed by atoms with E-state index in [1.807, 2.05) is 54.1 Å². The van der Waals surface area contributed by atoms with E-state index in [1.165, 1.54) is 0 Å². The van der Waals surface area contributed by atoms with Gasteiger partial charge < -0.3 is 9.30 Å². The SMILES string of the molecule is C=CC[C@]1(CC)Oc2ccccc2-n2cccc2C1=O. The number of hydrogen-bond acceptors (Lipinski definition) is 2. The van der Waals surface area contributed by atoms with Gasteiger partial charge in [-0.1, -0.05) is 25.1 Å². The van der Waals surface area contributed by atoms with Crippen LogP contribution in [0.5, 0.6) is 5.75 Å². The fraction of sp³-hybridized carbons (Fsp3) is 0.235. The Bertz CT molecular complexity index is 671. The number of Topliss-reactive ketones (excluding diaryl/α,β-unsaturated/α-hetero) is 1. The van der Waals surface area contributed by atoms with Crippen LogP contribution in [0.1, 0.15) is 30.3 Å². The molecule has 0 spiro atoms. The van der Waals surface area contributed by atoms with E-state index in [2.05, 4.69) is 6.58 Å². The molecular weight excluding hydrogens is 250 g/mol. The molecule has 0 amide bonds. The minimum Gasteiger partial charge on any atom is -0.477 e. The van der Waals surface area contributed by atoms with Gasteiger partial charge in [0.15, 0.2) is 5.60 Å². The molecule has 1 aromatic heterocycles. The zero-order valence-corrected chi connectivity index (χ0v) is 11.5. The lowest BCUT2D eigenvalue weighted by Gasteiger charge is -2.29. The van der Waals surface area contributed by atoms with Gasteiger partial charge in [-0.05, 0) is 30.7 Å². The third-order valence-corrected chi connectivity index (χ3v) is 3.87. The molecule has 3 rings (SSSR count). The number of nitrogens with zero attached hydrogens (tertiary/aromatic N) is 1. The fourth-order valence-corrected chi connectivity index (χ4v) is 2.75. The van der Waals surface area contributed by atoms with Gasteiger partial charge in [-0.2, -0.15) is 0 Å². The Morgan fingerprint density at radius 3 is 2.85 bits per heavy atom. The zero-order chi connectivity index (χ0) is 14.2. The summed E-state index contributed by atoms with van der Waals surface area (Å²) in [6.07, 6.45) is 4.76. The van der Waals surface area contributed by atoms with Crippen molar-refractivity contribution in [1.82, 2.24) is 4.57 Å². The zero-order valence-electron chi connectivity index (χ0n) is 11.5. The van der Waals surface area contributed by atoms with Crippen molar-refractivity contribution in [3.8, 4) is 11.4 Å². The molecule has 1 aliphatic rings. The van der Waals surface area contributed by atoms with Crippen molar-refractivity contribution in [2.24, 2.45) is 0 Å². The molecule has 1 atom stereocenters. The second-order valence-electron chi connectivity index (χ2n) is 5.00. The second-order valence-corrected chi connectivity index (χ2v) is 5.00. The maximum absolute atomic E-state index is 12.9. The summed E-state index contributed by atoms with van der Waals surface area (Å²) in [5, 5.41) is 0. The Kier molecular flexibility index (Phi) is 2.97. The van der Waals surface area contributed by atoms with Crippen LogP contribution in [0.3, 0.4) is 0 Å². The number of benzene rings is 1. The molecular formula is C17H17NO2. The number of ketones is 1. The molecule has 3 nitrogen and oxygen atoms in total. The van der Waals surface area contributed by atoms with Gasteiger partial charge in [0, 0.05) is 12.6 Å². The first kappa shape index (κ1) is 12.7. The summed E-state index contributed by atoms with van der Waals surface area (Å²) in [6, 6.07) is 11.5. The average Bonchev–Trinajstić information content (AvgIpc) is 2.92. The van der Waals surface area contributed by atoms with Crippen molar-refractivity contribution < 1.29 is 9.53 Å². The molecule has 0 N–H and O–H groups in total. The smallest absolute Gasteiger partial charge is 0.223 e. The van der Waals surface area contributed by atoms with Gasteiger partial charge in [-0.3, -0.25) is 4.79 Å². The fourth-order valence-electron chi connectivity index (χ4n) is 2.75. The van der Waals surface area contributed by atoms with E-state index in [0.29, 0.717) is 18.5 Å². The van der Waals surface area contributed by atoms with Gasteiger partial charge in [-0.25, -0.2) is 0 Å². The van der Waals surface area contributed by atoms with Crippen LogP contribution in [0.2, 0.25) is 0 Å². The highest BCUT2D eigenvalue weighted by atomic mass is 16.5. The molecule has 3 heteroatoms. The summed E-state index contributed by atoms with van der Waals surface area (Å²) in [6.45, 7) is 5.75. The predicted octanol–water partition coefficient (Wildman–Crippen LogP) is 3.78. The maximum Gasteiger partial charge on any atom is 0.223 e. The highest BCUT2D eigenvalue weighted by molar-refractivity contribution is 6.03. The van der Waals surface area contributed by atoms with Gasteiger partial charge in [0.2, 0.25) is 5.78 Å². The third-order valence-electron chi connectivity index (χ3n) is 3.87. The molecule has 102 valence electrons. The topological polar surface area (TPSA) is 31.2 Å². The molecule has 0 radical (unpaired) electrons. The van der Waals surface area contributed by atoms with Crippen molar-refractivity contribution in [2.75, 3.05) is 0 Å². The highest BCUT2D eigenvalue weighted by Gasteiger charge is 2.42. The summed E-state index contributed by atoms with van der Waals surface area (Å²) in [5.74, 6) is 0.751. The third kappa shape index (κ3) is 1.70. The Morgan fingerprint density at radius 2 is 2.10 bits per heavy atom. The first-order chi connectivity index (χ1) is 9.72. The van der Waals surface area contributed by atoms with Crippen molar-refractivity contribution in [3.05, 3.63) is 60.9 Å². The molecule has 0 aliphatic carbocycles. The van der Waals surface area contributed by atoms with E-state index >= 15 is 0 Å². The van der Waals surface area contributed by atoms with Gasteiger partial charge in [0.05, 0.1) is 11.4 Å². The second kappa shape index (κ2) is 4.67. The van der Waals surface area contributed by atoms with Crippen molar-refractivity contribution in [1.29, 1.82) is 0 Å². The van der Waals surface area contributed by atoms with Crippen LogP contribution in [-0.4, -0.2) is 16.0 Å². The Hall–Kier alpha value is -2.29. The van der Waals surface area contributed by atoms with E-state index in [1.54, 1.807) is 6.08 Å². The number of para-hydroxylation sites is 2. The molecule has 2 aromatic rings. The lowest BCUT2D eigenvalue weighted by molar-refractivity contribution is 0.0450. The van der Waals surface area contributed by atoms with Crippen LogP contribution >= 0.6 is 0 Å². The Labute approximate surface area is 118 Å². The van der Waals surface area contributed by atoms with Crippen LogP contribution in [-0.2, 0) is 0 Å². The lowest BCUT2D eigenvalue weighted by Crippen LogP contribution is -2.43. The Morgan fingerprint density at radius 1 is 1.30 bits per heavy atom. The standard InChI is InChI=1S/C17H17NO2/c1-3-11-17(4-2)16(19)14-9-7-12-18(14)13-8-5-6-10-15(13)20-17/h3,5-10,12H,1,4,11H2,2H3/t17-/m0/s1. The van der Waals surface area contributed by atoms with Crippen LogP contribution in [0.15, 0.2) is 55.3 Å². The van der Waals surface area contributed by atoms with Crippen LogP contribution < -0.4 is 4.74 Å². The maximum atomic E-state index is 12.9. The normalized spacial score (nSPS) is 20.6. The number of rotatable bonds is 3. The van der Waals surface area contributed by atoms with Gasteiger partial charge in [0.25, 0.3) is 0 Å². The quantitative estimate of drug-likeness (QED) is 0.792. The molecule has 0 saturated heterocycles. The van der Waals surface area contributed by atoms with Crippen LogP contribution in [0.4, 0.5) is 0 Å². The number of aromatic nitrogens is 1. The van der Waals surface area contributed by atoms with Crippen LogP contribution in [0.25, 0.3) is 5.69 Å². The van der Waals surface area contributed by atoms with Gasteiger partial charge >= 0.3 is 0 Å². The van der Waals surface area contributed by atoms with E-state index in [9.17, 15) is 4.79 Å². The van der Waals surface area contributed by atoms with E-state index in [4.69, 9.17) is 4.74 Å². The first-order valence-electron chi connectivity index (χ1n) is 6.83. The number of ether oxygens (including phenoxy) is 1. The Balaban J connectivity index is 2.27. The predicted molar refractivity (Wildman–Crippen MR) is 78.6 cm³/mol. The first-order valence-corrected chi connectivity index (χ1v) is 6.83. The summed E-state index contributed by atoms with van der Waals surface area (Å²) >= 11 is 0.